The van der Waals surface area contributed by atoms with Gasteiger partial charge in [-0.3, -0.25) is 4.90 Å². The Balaban J connectivity index is 1.19. The van der Waals surface area contributed by atoms with E-state index in [2.05, 4.69) is 36.1 Å². The van der Waals surface area contributed by atoms with Crippen molar-refractivity contribution < 1.29 is 14.2 Å². The molecular formula is C33H38N2O3. The van der Waals surface area contributed by atoms with Crippen LogP contribution in [0, 0.1) is 35.5 Å². The molecule has 2 spiro atoms. The molecule has 38 heavy (non-hydrogen) atoms. The van der Waals surface area contributed by atoms with Gasteiger partial charge in [0.05, 0.1) is 24.8 Å². The van der Waals surface area contributed by atoms with E-state index < -0.39 is 0 Å². The topological polar surface area (TPSA) is 54.7 Å². The van der Waals surface area contributed by atoms with Gasteiger partial charge in [0.25, 0.3) is 0 Å². The molecule has 4 bridgehead atoms. The number of fused-ring (bicyclic) bond motifs is 2. The number of nitriles is 1. The SMILES string of the molecule is COC12CCC3(C[C@@H]1COCc1cccc(C#N)c1)[C@H]1Cc4ccc(C)c5c4[C@@]3(CCN1CC1CC1)[C@H]2O5. The highest BCUT2D eigenvalue weighted by molar-refractivity contribution is 5.61. The van der Waals surface area contributed by atoms with Crippen molar-refractivity contribution in [2.75, 3.05) is 26.8 Å². The highest BCUT2D eigenvalue weighted by atomic mass is 16.6. The highest BCUT2D eigenvalue weighted by Crippen LogP contribution is 2.76. The van der Waals surface area contributed by atoms with Crippen molar-refractivity contribution in [3.05, 3.63) is 64.2 Å². The zero-order valence-electron chi connectivity index (χ0n) is 22.7. The van der Waals surface area contributed by atoms with E-state index in [-0.39, 0.29) is 28.5 Å². The van der Waals surface area contributed by atoms with Crippen LogP contribution >= 0.6 is 0 Å². The molecule has 2 aromatic rings. The molecule has 6 atom stereocenters. The van der Waals surface area contributed by atoms with Crippen LogP contribution in [0.25, 0.3) is 0 Å². The fourth-order valence-electron chi connectivity index (χ4n) is 9.94. The molecule has 9 rings (SSSR count). The maximum Gasteiger partial charge on any atom is 0.138 e. The quantitative estimate of drug-likeness (QED) is 0.506. The van der Waals surface area contributed by atoms with Crippen molar-refractivity contribution in [3.8, 4) is 11.8 Å². The van der Waals surface area contributed by atoms with Gasteiger partial charge in [-0.1, -0.05) is 24.3 Å². The number of benzene rings is 2. The van der Waals surface area contributed by atoms with Crippen molar-refractivity contribution in [1.82, 2.24) is 4.90 Å². The van der Waals surface area contributed by atoms with Crippen LogP contribution < -0.4 is 4.74 Å². The lowest BCUT2D eigenvalue weighted by molar-refractivity contribution is -0.283. The molecular weight excluding hydrogens is 472 g/mol. The Hall–Kier alpha value is -2.39. The number of piperidine rings is 1. The minimum absolute atomic E-state index is 0.0541. The molecule has 1 saturated heterocycles. The molecule has 0 aromatic heterocycles. The third-order valence-corrected chi connectivity index (χ3v) is 11.7. The Morgan fingerprint density at radius 1 is 1.16 bits per heavy atom. The van der Waals surface area contributed by atoms with Crippen LogP contribution in [0.5, 0.6) is 5.75 Å². The Kier molecular flexibility index (Phi) is 4.99. The number of hydrogen-bond donors (Lipinski definition) is 0. The first-order valence-electron chi connectivity index (χ1n) is 14.7. The van der Waals surface area contributed by atoms with Crippen LogP contribution in [0.4, 0.5) is 0 Å². The number of ether oxygens (including phenoxy) is 3. The molecule has 2 heterocycles. The van der Waals surface area contributed by atoms with Gasteiger partial charge in [-0.2, -0.15) is 5.26 Å². The first-order chi connectivity index (χ1) is 18.5. The summed E-state index contributed by atoms with van der Waals surface area (Å²) in [5.74, 6) is 2.36. The summed E-state index contributed by atoms with van der Waals surface area (Å²) in [4.78, 5) is 2.90. The maximum atomic E-state index is 9.30. The zero-order valence-corrected chi connectivity index (χ0v) is 22.7. The molecule has 0 N–H and O–H groups in total. The molecule has 0 radical (unpaired) electrons. The Labute approximate surface area is 226 Å². The summed E-state index contributed by atoms with van der Waals surface area (Å²) in [6.45, 7) is 5.87. The van der Waals surface area contributed by atoms with Crippen LogP contribution in [-0.4, -0.2) is 49.5 Å². The minimum Gasteiger partial charge on any atom is -0.486 e. The molecule has 198 valence electrons. The van der Waals surface area contributed by atoms with E-state index in [1.807, 2.05) is 25.3 Å². The van der Waals surface area contributed by atoms with Gasteiger partial charge in [0.15, 0.2) is 0 Å². The summed E-state index contributed by atoms with van der Waals surface area (Å²) in [6.07, 6.45) is 8.62. The lowest BCUT2D eigenvalue weighted by Gasteiger charge is -2.74. The molecule has 2 unspecified atom stereocenters. The first kappa shape index (κ1) is 23.5. The number of likely N-dealkylation sites (tertiary alicyclic amines) is 1. The second-order valence-corrected chi connectivity index (χ2v) is 13.2. The molecule has 5 heteroatoms. The van der Waals surface area contributed by atoms with Crippen molar-refractivity contribution in [2.24, 2.45) is 17.3 Å². The summed E-state index contributed by atoms with van der Waals surface area (Å²) < 4.78 is 20.2. The van der Waals surface area contributed by atoms with E-state index in [0.29, 0.717) is 24.8 Å². The number of rotatable bonds is 7. The second kappa shape index (κ2) is 8.07. The molecule has 4 saturated carbocycles. The van der Waals surface area contributed by atoms with Gasteiger partial charge in [0, 0.05) is 42.0 Å². The first-order valence-corrected chi connectivity index (χ1v) is 14.7. The molecule has 2 aromatic carbocycles. The normalized spacial score (nSPS) is 38.0. The van der Waals surface area contributed by atoms with E-state index in [0.717, 1.165) is 30.7 Å². The summed E-state index contributed by atoms with van der Waals surface area (Å²) in [5, 5.41) is 9.30. The fourth-order valence-corrected chi connectivity index (χ4v) is 9.94. The smallest absolute Gasteiger partial charge is 0.138 e. The summed E-state index contributed by atoms with van der Waals surface area (Å²) in [5.41, 5.74) is 6.04. The van der Waals surface area contributed by atoms with Crippen molar-refractivity contribution in [1.29, 1.82) is 5.26 Å². The Morgan fingerprint density at radius 3 is 2.87 bits per heavy atom. The van der Waals surface area contributed by atoms with Crippen LogP contribution in [0.2, 0.25) is 0 Å². The van der Waals surface area contributed by atoms with Crippen LogP contribution in [-0.2, 0) is 27.9 Å². The molecule has 7 aliphatic rings. The van der Waals surface area contributed by atoms with E-state index in [1.54, 1.807) is 5.56 Å². The van der Waals surface area contributed by atoms with Gasteiger partial charge >= 0.3 is 0 Å². The minimum atomic E-state index is -0.334. The number of aryl methyl sites for hydroxylation is 1. The summed E-state index contributed by atoms with van der Waals surface area (Å²) >= 11 is 0. The van der Waals surface area contributed by atoms with Gasteiger partial charge in [0.1, 0.15) is 17.5 Å². The van der Waals surface area contributed by atoms with E-state index >= 15 is 0 Å². The van der Waals surface area contributed by atoms with Crippen molar-refractivity contribution in [3.63, 3.8) is 0 Å². The monoisotopic (exact) mass is 510 g/mol. The number of hydrogen-bond acceptors (Lipinski definition) is 5. The van der Waals surface area contributed by atoms with Crippen LogP contribution in [0.1, 0.15) is 66.3 Å². The molecule has 0 amide bonds. The summed E-state index contributed by atoms with van der Waals surface area (Å²) in [7, 11) is 1.92. The lowest BCUT2D eigenvalue weighted by Crippen LogP contribution is -2.81. The van der Waals surface area contributed by atoms with E-state index in [9.17, 15) is 5.26 Å². The average Bonchev–Trinajstić information content (AvgIpc) is 3.68. The van der Waals surface area contributed by atoms with Crippen molar-refractivity contribution >= 4 is 0 Å². The second-order valence-electron chi connectivity index (χ2n) is 13.2. The molecule has 2 aliphatic heterocycles. The fraction of sp³-hybridized carbons (Fsp3) is 0.606. The maximum absolute atomic E-state index is 9.30. The van der Waals surface area contributed by atoms with Crippen LogP contribution in [0.3, 0.4) is 0 Å². The average molecular weight is 511 g/mol. The predicted molar refractivity (Wildman–Crippen MR) is 144 cm³/mol. The predicted octanol–water partition coefficient (Wildman–Crippen LogP) is 5.31. The largest absolute Gasteiger partial charge is 0.486 e. The van der Waals surface area contributed by atoms with Gasteiger partial charge < -0.3 is 14.2 Å². The highest BCUT2D eigenvalue weighted by Gasteiger charge is 2.80. The van der Waals surface area contributed by atoms with Crippen molar-refractivity contribution in [2.45, 2.75) is 81.6 Å². The molecule has 5 aliphatic carbocycles. The van der Waals surface area contributed by atoms with E-state index in [1.165, 1.54) is 55.6 Å². The van der Waals surface area contributed by atoms with Gasteiger partial charge in [-0.15, -0.1) is 0 Å². The third kappa shape index (κ3) is 2.87. The van der Waals surface area contributed by atoms with Gasteiger partial charge in [-0.25, -0.2) is 0 Å². The van der Waals surface area contributed by atoms with Crippen LogP contribution in [0.15, 0.2) is 36.4 Å². The van der Waals surface area contributed by atoms with Gasteiger partial charge in [0.2, 0.25) is 0 Å². The summed E-state index contributed by atoms with van der Waals surface area (Å²) in [6, 6.07) is 15.3. The standard InChI is InChI=1S/C33H38N2O3/c1-21-6-9-25-15-27-31-10-11-33(36-2,26(16-31)20-37-19-24-5-3-4-23(14-24)17-34)30-32(31,28(25)29(21)38-30)12-13-35(27)18-22-7-8-22/h3-6,9,14,22,26-27,30H,7-8,10-13,15-16,18-20H2,1-2H3/t26-,27-,30-,31?,32+,33?/m1/s1. The zero-order chi connectivity index (χ0) is 25.7. The van der Waals surface area contributed by atoms with E-state index in [4.69, 9.17) is 14.2 Å². The van der Waals surface area contributed by atoms with Gasteiger partial charge in [-0.05, 0) is 93.2 Å². The molecule has 5 fully saturated rings. The lowest BCUT2D eigenvalue weighted by atomic mass is 9.35. The Morgan fingerprint density at radius 2 is 2.05 bits per heavy atom. The Bertz CT molecular complexity index is 1350. The molecule has 5 nitrogen and oxygen atoms in total. The third-order valence-electron chi connectivity index (χ3n) is 11.7. The number of methoxy groups -OCH3 is 1. The number of nitrogens with zero attached hydrogens (tertiary/aromatic N) is 2.